The van der Waals surface area contributed by atoms with E-state index >= 15 is 0 Å². The smallest absolute Gasteiger partial charge is 0.0433 e. The van der Waals surface area contributed by atoms with E-state index < -0.39 is 0 Å². The molecule has 0 atom stereocenters. The largest absolute Gasteiger partial charge is 0.135 e. The van der Waals surface area contributed by atoms with E-state index in [4.69, 9.17) is 0 Å². The van der Waals surface area contributed by atoms with Crippen molar-refractivity contribution >= 4 is 64.9 Å². The molecule has 0 saturated heterocycles. The molecule has 0 radical (unpaired) electrons. The van der Waals surface area contributed by atoms with Gasteiger partial charge in [0, 0.05) is 23.7 Å². The fourth-order valence-corrected chi connectivity index (χ4v) is 6.66. The lowest BCUT2D eigenvalue weighted by molar-refractivity contribution is 1.60. The Morgan fingerprint density at radius 1 is 0.444 bits per heavy atom. The molecule has 0 bridgehead atoms. The van der Waals surface area contributed by atoms with Crippen LogP contribution in [0.3, 0.4) is 0 Å². The summed E-state index contributed by atoms with van der Waals surface area (Å²) < 4.78 is 3.96. The molecule has 0 aliphatic rings. The van der Waals surface area contributed by atoms with Gasteiger partial charge in [0.25, 0.3) is 0 Å². The van der Waals surface area contributed by atoms with E-state index in [0.717, 1.165) is 0 Å². The zero-order valence-corrected chi connectivity index (χ0v) is 22.4. The first-order valence-corrected chi connectivity index (χ1v) is 13.9. The van der Waals surface area contributed by atoms with Crippen molar-refractivity contribution in [3.05, 3.63) is 131 Å². The fourth-order valence-electron chi connectivity index (χ4n) is 5.06. The molecule has 1 heterocycles. The molecule has 0 nitrogen and oxygen atoms in total. The number of thiophene rings is 1. The molecule has 7 rings (SSSR count). The number of hydrogen-bond acceptors (Lipinski definition) is 1. The predicted molar refractivity (Wildman–Crippen MR) is 166 cm³/mol. The van der Waals surface area contributed by atoms with Crippen molar-refractivity contribution in [2.45, 2.75) is 0 Å². The lowest BCUT2D eigenvalue weighted by Crippen LogP contribution is -1.83. The van der Waals surface area contributed by atoms with E-state index in [9.17, 15) is 0 Å². The minimum atomic E-state index is 1.24. The van der Waals surface area contributed by atoms with Crippen LogP contribution in [0.5, 0.6) is 0 Å². The van der Waals surface area contributed by atoms with Gasteiger partial charge in [-0.2, -0.15) is 0 Å². The van der Waals surface area contributed by atoms with Crippen LogP contribution in [0.1, 0.15) is 0 Å². The fraction of sp³-hybridized carbons (Fsp3) is 0. The zero-order chi connectivity index (χ0) is 24.1. The van der Waals surface area contributed by atoms with Crippen LogP contribution in [0.4, 0.5) is 0 Å². The minimum Gasteiger partial charge on any atom is -0.135 e. The van der Waals surface area contributed by atoms with Crippen molar-refractivity contribution in [3.8, 4) is 33.4 Å². The SMILES string of the molecule is Ic1ccc(-c2ccc3ccc(-c4ccc(-c5cccc6c5sc5ccccc56)cc4)cc3c2)cc1. The topological polar surface area (TPSA) is 0 Å². The molecule has 0 amide bonds. The van der Waals surface area contributed by atoms with Crippen molar-refractivity contribution in [1.29, 1.82) is 0 Å². The third-order valence-corrected chi connectivity index (χ3v) is 8.89. The van der Waals surface area contributed by atoms with Gasteiger partial charge in [0.2, 0.25) is 0 Å². The molecule has 170 valence electrons. The van der Waals surface area contributed by atoms with Crippen LogP contribution in [0, 0.1) is 3.57 Å². The first kappa shape index (κ1) is 21.8. The van der Waals surface area contributed by atoms with Gasteiger partial charge in [-0.05, 0) is 97.1 Å². The first-order chi connectivity index (χ1) is 17.7. The Hall–Kier alpha value is -3.47. The number of halogens is 1. The summed E-state index contributed by atoms with van der Waals surface area (Å²) >= 11 is 4.24. The Morgan fingerprint density at radius 3 is 1.75 bits per heavy atom. The highest BCUT2D eigenvalue weighted by Crippen LogP contribution is 2.40. The first-order valence-electron chi connectivity index (χ1n) is 12.0. The van der Waals surface area contributed by atoms with Crippen LogP contribution >= 0.6 is 33.9 Å². The van der Waals surface area contributed by atoms with Crippen LogP contribution in [0.15, 0.2) is 127 Å². The van der Waals surface area contributed by atoms with Gasteiger partial charge in [-0.3, -0.25) is 0 Å². The number of hydrogen-bond donors (Lipinski definition) is 0. The molecule has 6 aromatic carbocycles. The normalized spacial score (nSPS) is 11.5. The highest BCUT2D eigenvalue weighted by atomic mass is 127. The summed E-state index contributed by atoms with van der Waals surface area (Å²) in [6.07, 6.45) is 0. The molecule has 0 spiro atoms. The molecule has 7 aromatic rings. The summed E-state index contributed by atoms with van der Waals surface area (Å²) in [7, 11) is 0. The standard InChI is InChI=1S/C34H21IS/c35-29-18-16-23(17-19-29)27-15-11-24-10-14-26(20-28(24)21-27)22-8-12-25(13-9-22)30-5-3-6-32-31-4-1-2-7-33(31)36-34(30)32/h1-21H. The molecule has 0 aliphatic carbocycles. The molecule has 0 unspecified atom stereocenters. The Bertz CT molecular complexity index is 1880. The van der Waals surface area contributed by atoms with Gasteiger partial charge < -0.3 is 0 Å². The number of benzene rings is 6. The van der Waals surface area contributed by atoms with E-state index in [1.54, 1.807) is 0 Å². The number of rotatable bonds is 3. The Labute approximate surface area is 228 Å². The van der Waals surface area contributed by atoms with Crippen LogP contribution in [-0.2, 0) is 0 Å². The van der Waals surface area contributed by atoms with E-state index in [2.05, 4.69) is 150 Å². The lowest BCUT2D eigenvalue weighted by atomic mass is 9.96. The summed E-state index contributed by atoms with van der Waals surface area (Å²) in [5.41, 5.74) is 7.56. The zero-order valence-electron chi connectivity index (χ0n) is 19.4. The Morgan fingerprint density at radius 2 is 1.03 bits per heavy atom. The van der Waals surface area contributed by atoms with Crippen molar-refractivity contribution in [2.75, 3.05) is 0 Å². The third kappa shape index (κ3) is 3.82. The lowest BCUT2D eigenvalue weighted by Gasteiger charge is -2.09. The quantitative estimate of drug-likeness (QED) is 0.180. The molecular formula is C34H21IS. The summed E-state index contributed by atoms with van der Waals surface area (Å²) in [6.45, 7) is 0. The highest BCUT2D eigenvalue weighted by molar-refractivity contribution is 14.1. The Balaban J connectivity index is 1.26. The van der Waals surface area contributed by atoms with Crippen LogP contribution in [0.2, 0.25) is 0 Å². The van der Waals surface area contributed by atoms with Gasteiger partial charge in [0.1, 0.15) is 0 Å². The Kier molecular flexibility index (Phi) is 5.37. The second kappa shape index (κ2) is 8.88. The molecule has 0 fully saturated rings. The summed E-state index contributed by atoms with van der Waals surface area (Å²) in [6, 6.07) is 46.6. The van der Waals surface area contributed by atoms with Gasteiger partial charge in [-0.25, -0.2) is 0 Å². The summed E-state index contributed by atoms with van der Waals surface area (Å²) in [5, 5.41) is 5.22. The second-order valence-corrected chi connectivity index (χ2v) is 11.4. The van der Waals surface area contributed by atoms with Crippen molar-refractivity contribution in [2.24, 2.45) is 0 Å². The molecular weight excluding hydrogens is 567 g/mol. The number of fused-ring (bicyclic) bond motifs is 4. The third-order valence-electron chi connectivity index (χ3n) is 6.95. The molecule has 0 N–H and O–H groups in total. The molecule has 0 aliphatic heterocycles. The van der Waals surface area contributed by atoms with Crippen LogP contribution < -0.4 is 0 Å². The van der Waals surface area contributed by atoms with Gasteiger partial charge in [0.15, 0.2) is 0 Å². The van der Waals surface area contributed by atoms with E-state index in [1.165, 1.54) is 67.9 Å². The maximum Gasteiger partial charge on any atom is 0.0433 e. The predicted octanol–water partition coefficient (Wildman–Crippen LogP) is 10.8. The average molecular weight is 589 g/mol. The van der Waals surface area contributed by atoms with E-state index in [-0.39, 0.29) is 0 Å². The maximum absolute atomic E-state index is 2.35. The van der Waals surface area contributed by atoms with E-state index in [1.807, 2.05) is 11.3 Å². The summed E-state index contributed by atoms with van der Waals surface area (Å²) in [4.78, 5) is 0. The highest BCUT2D eigenvalue weighted by Gasteiger charge is 2.10. The van der Waals surface area contributed by atoms with Gasteiger partial charge in [-0.15, -0.1) is 11.3 Å². The average Bonchev–Trinajstić information content (AvgIpc) is 3.32. The van der Waals surface area contributed by atoms with E-state index in [0.29, 0.717) is 0 Å². The van der Waals surface area contributed by atoms with Crippen LogP contribution in [-0.4, -0.2) is 0 Å². The van der Waals surface area contributed by atoms with Gasteiger partial charge in [0.05, 0.1) is 0 Å². The maximum atomic E-state index is 2.35. The monoisotopic (exact) mass is 588 g/mol. The molecule has 1 aromatic heterocycles. The van der Waals surface area contributed by atoms with Crippen molar-refractivity contribution in [3.63, 3.8) is 0 Å². The second-order valence-electron chi connectivity index (χ2n) is 9.14. The van der Waals surface area contributed by atoms with Crippen molar-refractivity contribution in [1.82, 2.24) is 0 Å². The van der Waals surface area contributed by atoms with Gasteiger partial charge >= 0.3 is 0 Å². The minimum absolute atomic E-state index is 1.24. The van der Waals surface area contributed by atoms with Crippen molar-refractivity contribution < 1.29 is 0 Å². The molecule has 2 heteroatoms. The summed E-state index contributed by atoms with van der Waals surface area (Å²) in [5.74, 6) is 0. The molecule has 36 heavy (non-hydrogen) atoms. The van der Waals surface area contributed by atoms with Gasteiger partial charge in [-0.1, -0.05) is 97.1 Å². The van der Waals surface area contributed by atoms with Crippen LogP contribution in [0.25, 0.3) is 64.3 Å². The molecule has 0 saturated carbocycles.